The molecule has 0 fully saturated rings. The number of fused-ring (bicyclic) bond motifs is 1. The minimum atomic E-state index is -0.297. The SMILES string of the molecule is CN(C)c1ccn(Cc2c(-c3ccc(Cl)cc3)nc3ccccn23)c(=O)n1. The van der Waals surface area contributed by atoms with Crippen LogP contribution < -0.4 is 10.6 Å². The van der Waals surface area contributed by atoms with Gasteiger partial charge in [0.15, 0.2) is 0 Å². The van der Waals surface area contributed by atoms with Crippen molar-refractivity contribution in [3.05, 3.63) is 82.1 Å². The second kappa shape index (κ2) is 6.89. The van der Waals surface area contributed by atoms with Crippen LogP contribution in [0.4, 0.5) is 5.82 Å². The van der Waals surface area contributed by atoms with Crippen molar-refractivity contribution in [3.63, 3.8) is 0 Å². The van der Waals surface area contributed by atoms with Crippen molar-refractivity contribution < 1.29 is 0 Å². The number of halogens is 1. The molecule has 1 aromatic carbocycles. The van der Waals surface area contributed by atoms with E-state index in [0.29, 0.717) is 17.4 Å². The molecule has 7 heteroatoms. The zero-order chi connectivity index (χ0) is 19.0. The fourth-order valence-electron chi connectivity index (χ4n) is 2.99. The first-order valence-corrected chi connectivity index (χ1v) is 8.87. The van der Waals surface area contributed by atoms with Gasteiger partial charge in [-0.15, -0.1) is 0 Å². The minimum Gasteiger partial charge on any atom is -0.363 e. The van der Waals surface area contributed by atoms with Gasteiger partial charge in [-0.05, 0) is 30.3 Å². The molecule has 0 aliphatic carbocycles. The number of pyridine rings is 1. The average molecular weight is 380 g/mol. The van der Waals surface area contributed by atoms with Crippen LogP contribution >= 0.6 is 11.6 Å². The number of rotatable bonds is 4. The molecule has 4 rings (SSSR count). The molecule has 0 amide bonds. The summed E-state index contributed by atoms with van der Waals surface area (Å²) in [6.45, 7) is 0.364. The van der Waals surface area contributed by atoms with Gasteiger partial charge in [0.25, 0.3) is 0 Å². The Morgan fingerprint density at radius 3 is 2.48 bits per heavy atom. The molecule has 136 valence electrons. The van der Waals surface area contributed by atoms with Crippen LogP contribution in [0, 0.1) is 0 Å². The normalized spacial score (nSPS) is 11.1. The summed E-state index contributed by atoms with van der Waals surface area (Å²) in [5, 5.41) is 0.670. The van der Waals surface area contributed by atoms with Crippen molar-refractivity contribution in [2.45, 2.75) is 6.54 Å². The van der Waals surface area contributed by atoms with Gasteiger partial charge in [-0.25, -0.2) is 9.78 Å². The highest BCUT2D eigenvalue weighted by Gasteiger charge is 2.15. The number of hydrogen-bond acceptors (Lipinski definition) is 4. The highest BCUT2D eigenvalue weighted by molar-refractivity contribution is 6.30. The van der Waals surface area contributed by atoms with Gasteiger partial charge in [0.1, 0.15) is 11.5 Å². The maximum absolute atomic E-state index is 12.5. The second-order valence-corrected chi connectivity index (χ2v) is 6.87. The topological polar surface area (TPSA) is 55.4 Å². The number of aromatic nitrogens is 4. The number of hydrogen-bond donors (Lipinski definition) is 0. The quantitative estimate of drug-likeness (QED) is 0.545. The smallest absolute Gasteiger partial charge is 0.349 e. The lowest BCUT2D eigenvalue weighted by Crippen LogP contribution is -2.26. The summed E-state index contributed by atoms with van der Waals surface area (Å²) < 4.78 is 3.58. The standard InChI is InChI=1S/C20H18ClN5O/c1-24(2)17-10-12-25(20(27)23-17)13-16-19(14-6-8-15(21)9-7-14)22-18-5-3-4-11-26(16)18/h3-12H,13H2,1-2H3. The number of imidazole rings is 1. The van der Waals surface area contributed by atoms with Gasteiger partial charge in [-0.3, -0.25) is 4.57 Å². The van der Waals surface area contributed by atoms with Crippen LogP contribution in [-0.2, 0) is 6.54 Å². The van der Waals surface area contributed by atoms with Crippen LogP contribution in [0.2, 0.25) is 5.02 Å². The molecule has 0 bridgehead atoms. The molecule has 0 radical (unpaired) electrons. The maximum Gasteiger partial charge on any atom is 0.349 e. The van der Waals surface area contributed by atoms with E-state index >= 15 is 0 Å². The van der Waals surface area contributed by atoms with Gasteiger partial charge in [0.2, 0.25) is 0 Å². The van der Waals surface area contributed by atoms with Crippen LogP contribution in [0.1, 0.15) is 5.69 Å². The third-order valence-electron chi connectivity index (χ3n) is 4.38. The lowest BCUT2D eigenvalue weighted by molar-refractivity contribution is 0.705. The largest absolute Gasteiger partial charge is 0.363 e. The van der Waals surface area contributed by atoms with E-state index in [1.807, 2.05) is 73.2 Å². The Morgan fingerprint density at radius 2 is 1.78 bits per heavy atom. The zero-order valence-electron chi connectivity index (χ0n) is 15.0. The molecule has 0 aliphatic rings. The first kappa shape index (κ1) is 17.3. The van der Waals surface area contributed by atoms with Crippen molar-refractivity contribution in [1.29, 1.82) is 0 Å². The lowest BCUT2D eigenvalue weighted by atomic mass is 10.1. The summed E-state index contributed by atoms with van der Waals surface area (Å²) in [4.78, 5) is 23.2. The summed E-state index contributed by atoms with van der Waals surface area (Å²) in [5.74, 6) is 0.632. The molecule has 0 atom stereocenters. The van der Waals surface area contributed by atoms with Crippen molar-refractivity contribution in [2.24, 2.45) is 0 Å². The molecule has 3 heterocycles. The molecule has 0 saturated heterocycles. The van der Waals surface area contributed by atoms with E-state index in [1.54, 1.807) is 15.7 Å². The molecule has 0 saturated carbocycles. The first-order valence-electron chi connectivity index (χ1n) is 8.49. The summed E-state index contributed by atoms with van der Waals surface area (Å²) in [6.07, 6.45) is 3.71. The summed E-state index contributed by atoms with van der Waals surface area (Å²) in [7, 11) is 3.71. The van der Waals surface area contributed by atoms with Gasteiger partial charge in [-0.2, -0.15) is 4.98 Å². The molecular formula is C20H18ClN5O. The number of benzene rings is 1. The monoisotopic (exact) mass is 379 g/mol. The zero-order valence-corrected chi connectivity index (χ0v) is 15.8. The van der Waals surface area contributed by atoms with Gasteiger partial charge in [0, 0.05) is 37.1 Å². The Balaban J connectivity index is 1.84. The maximum atomic E-state index is 12.5. The van der Waals surface area contributed by atoms with Crippen molar-refractivity contribution in [2.75, 3.05) is 19.0 Å². The minimum absolute atomic E-state index is 0.297. The number of nitrogens with zero attached hydrogens (tertiary/aromatic N) is 5. The summed E-state index contributed by atoms with van der Waals surface area (Å²) in [5.41, 5.74) is 3.21. The fraction of sp³-hybridized carbons (Fsp3) is 0.150. The van der Waals surface area contributed by atoms with Crippen LogP contribution in [0.25, 0.3) is 16.9 Å². The predicted octanol–water partition coefficient (Wildman–Crippen LogP) is 3.33. The van der Waals surface area contributed by atoms with E-state index in [1.165, 1.54) is 0 Å². The highest BCUT2D eigenvalue weighted by Crippen LogP contribution is 2.26. The molecular weight excluding hydrogens is 362 g/mol. The van der Waals surface area contributed by atoms with Crippen molar-refractivity contribution in [3.8, 4) is 11.3 Å². The van der Waals surface area contributed by atoms with Crippen molar-refractivity contribution in [1.82, 2.24) is 18.9 Å². The Labute approximate surface area is 161 Å². The molecule has 0 unspecified atom stereocenters. The summed E-state index contributed by atoms with van der Waals surface area (Å²) in [6, 6.07) is 15.2. The van der Waals surface area contributed by atoms with Crippen LogP contribution in [0.5, 0.6) is 0 Å². The van der Waals surface area contributed by atoms with Crippen LogP contribution in [0.15, 0.2) is 65.7 Å². The van der Waals surface area contributed by atoms with E-state index in [-0.39, 0.29) is 5.69 Å². The van der Waals surface area contributed by atoms with Gasteiger partial charge in [0.05, 0.1) is 17.9 Å². The van der Waals surface area contributed by atoms with E-state index in [0.717, 1.165) is 22.6 Å². The molecule has 0 N–H and O–H groups in total. The van der Waals surface area contributed by atoms with E-state index < -0.39 is 0 Å². The molecule has 0 aliphatic heterocycles. The average Bonchev–Trinajstić information content (AvgIpc) is 3.02. The van der Waals surface area contributed by atoms with Crippen molar-refractivity contribution >= 4 is 23.1 Å². The lowest BCUT2D eigenvalue weighted by Gasteiger charge is -2.12. The van der Waals surface area contributed by atoms with Crippen LogP contribution in [-0.4, -0.2) is 33.0 Å². The number of anilines is 1. The summed E-state index contributed by atoms with van der Waals surface area (Å²) >= 11 is 6.03. The second-order valence-electron chi connectivity index (χ2n) is 6.43. The van der Waals surface area contributed by atoms with E-state index in [4.69, 9.17) is 16.6 Å². The fourth-order valence-corrected chi connectivity index (χ4v) is 3.11. The molecule has 27 heavy (non-hydrogen) atoms. The molecule has 4 aromatic rings. The Kier molecular flexibility index (Phi) is 4.41. The predicted molar refractivity (Wildman–Crippen MR) is 108 cm³/mol. The highest BCUT2D eigenvalue weighted by atomic mass is 35.5. The van der Waals surface area contributed by atoms with E-state index in [2.05, 4.69) is 4.98 Å². The Hall–Kier alpha value is -3.12. The van der Waals surface area contributed by atoms with Gasteiger partial charge < -0.3 is 9.30 Å². The third-order valence-corrected chi connectivity index (χ3v) is 4.64. The van der Waals surface area contributed by atoms with Crippen LogP contribution in [0.3, 0.4) is 0 Å². The van der Waals surface area contributed by atoms with Gasteiger partial charge >= 0.3 is 5.69 Å². The Bertz CT molecular complexity index is 1160. The Morgan fingerprint density at radius 1 is 1.00 bits per heavy atom. The van der Waals surface area contributed by atoms with E-state index in [9.17, 15) is 4.79 Å². The third kappa shape index (κ3) is 3.31. The molecule has 6 nitrogen and oxygen atoms in total. The molecule has 0 spiro atoms. The first-order chi connectivity index (χ1) is 13.0. The molecule has 3 aromatic heterocycles. The van der Waals surface area contributed by atoms with Gasteiger partial charge in [-0.1, -0.05) is 29.8 Å².